The zero-order valence-electron chi connectivity index (χ0n) is 9.19. The van der Waals surface area contributed by atoms with Crippen LogP contribution in [0.15, 0.2) is 6.07 Å². The van der Waals surface area contributed by atoms with E-state index in [1.165, 1.54) is 0 Å². The molecule has 0 spiro atoms. The van der Waals surface area contributed by atoms with Crippen LogP contribution in [0.1, 0.15) is 12.5 Å². The van der Waals surface area contributed by atoms with Gasteiger partial charge >= 0.3 is 15.6 Å². The lowest BCUT2D eigenvalue weighted by Crippen LogP contribution is -2.28. The maximum Gasteiger partial charge on any atom is 0.534 e. The molecule has 0 aliphatic rings. The van der Waals surface area contributed by atoms with Crippen molar-refractivity contribution >= 4 is 33.3 Å². The summed E-state index contributed by atoms with van der Waals surface area (Å²) in [5.74, 6) is -2.62. The molecule has 0 aliphatic carbocycles. The van der Waals surface area contributed by atoms with E-state index < -0.39 is 32.2 Å². The molecule has 0 aliphatic heterocycles. The summed E-state index contributed by atoms with van der Waals surface area (Å²) in [7, 11) is -5.98. The van der Waals surface area contributed by atoms with Crippen LogP contribution in [0, 0.1) is 5.82 Å². The van der Waals surface area contributed by atoms with E-state index in [2.05, 4.69) is 4.18 Å². The molecule has 0 saturated carbocycles. The zero-order chi connectivity index (χ0) is 15.0. The zero-order valence-corrected chi connectivity index (χ0v) is 11.5. The molecule has 1 rings (SSSR count). The van der Waals surface area contributed by atoms with Crippen LogP contribution in [-0.2, 0) is 16.5 Å². The molecule has 0 fully saturated rings. The predicted molar refractivity (Wildman–Crippen MR) is 61.4 cm³/mol. The highest BCUT2D eigenvalue weighted by atomic mass is 35.5. The van der Waals surface area contributed by atoms with Crippen LogP contribution >= 0.6 is 23.2 Å². The first-order valence-electron chi connectivity index (χ1n) is 4.68. The third-order valence-electron chi connectivity index (χ3n) is 2.06. The van der Waals surface area contributed by atoms with Gasteiger partial charge < -0.3 is 4.18 Å². The van der Waals surface area contributed by atoms with Gasteiger partial charge in [0.1, 0.15) is 0 Å². The van der Waals surface area contributed by atoms with Crippen LogP contribution in [0.3, 0.4) is 0 Å². The van der Waals surface area contributed by atoms with Gasteiger partial charge in [0.2, 0.25) is 0 Å². The molecule has 3 nitrogen and oxygen atoms in total. The maximum atomic E-state index is 13.6. The van der Waals surface area contributed by atoms with Crippen molar-refractivity contribution in [1.29, 1.82) is 0 Å². The summed E-state index contributed by atoms with van der Waals surface area (Å²) in [6, 6.07) is 0.630. The molecule has 0 saturated heterocycles. The molecular formula is C9H6Cl2F4O3S. The maximum absolute atomic E-state index is 13.6. The van der Waals surface area contributed by atoms with E-state index in [0.29, 0.717) is 6.07 Å². The van der Waals surface area contributed by atoms with Crippen LogP contribution in [0.2, 0.25) is 10.0 Å². The highest BCUT2D eigenvalue weighted by molar-refractivity contribution is 7.88. The fraction of sp³-hybridized carbons (Fsp3) is 0.333. The fourth-order valence-electron chi connectivity index (χ4n) is 1.16. The van der Waals surface area contributed by atoms with Crippen LogP contribution < -0.4 is 4.18 Å². The van der Waals surface area contributed by atoms with Gasteiger partial charge in [-0.15, -0.1) is 0 Å². The average molecular weight is 341 g/mol. The Morgan fingerprint density at radius 2 is 1.84 bits per heavy atom. The average Bonchev–Trinajstić information content (AvgIpc) is 2.24. The summed E-state index contributed by atoms with van der Waals surface area (Å²) in [4.78, 5) is 0. The van der Waals surface area contributed by atoms with Gasteiger partial charge in [-0.2, -0.15) is 21.6 Å². The summed E-state index contributed by atoms with van der Waals surface area (Å²) in [5, 5.41) is -0.774. The van der Waals surface area contributed by atoms with Crippen LogP contribution in [0.5, 0.6) is 5.75 Å². The summed E-state index contributed by atoms with van der Waals surface area (Å²) < 4.78 is 75.1. The van der Waals surface area contributed by atoms with Crippen molar-refractivity contribution in [2.45, 2.75) is 18.9 Å². The topological polar surface area (TPSA) is 43.4 Å². The highest BCUT2D eigenvalue weighted by Crippen LogP contribution is 2.36. The molecule has 0 aromatic heterocycles. The number of rotatable bonds is 3. The smallest absolute Gasteiger partial charge is 0.373 e. The van der Waals surface area contributed by atoms with E-state index in [-0.39, 0.29) is 17.0 Å². The first-order chi connectivity index (χ1) is 8.51. The van der Waals surface area contributed by atoms with Gasteiger partial charge in [0, 0.05) is 11.1 Å². The van der Waals surface area contributed by atoms with Gasteiger partial charge in [-0.05, 0) is 12.0 Å². The standard InChI is InChI=1S/C9H6Cl2F4O3S/c1-2-4-5(10)3-6(8(12)7(4)11)18-19(16,17)9(13,14)15/h3H,2H2,1H3. The van der Waals surface area contributed by atoms with E-state index in [0.717, 1.165) is 0 Å². The third kappa shape index (κ3) is 3.24. The van der Waals surface area contributed by atoms with Gasteiger partial charge in [0.15, 0.2) is 11.6 Å². The molecular weight excluding hydrogens is 335 g/mol. The van der Waals surface area contributed by atoms with Crippen molar-refractivity contribution in [2.75, 3.05) is 0 Å². The minimum absolute atomic E-state index is 0.137. The molecule has 108 valence electrons. The molecule has 0 N–H and O–H groups in total. The molecule has 1 aromatic rings. The third-order valence-corrected chi connectivity index (χ3v) is 3.75. The van der Waals surface area contributed by atoms with Gasteiger partial charge in [-0.1, -0.05) is 30.1 Å². The van der Waals surface area contributed by atoms with Crippen molar-refractivity contribution in [1.82, 2.24) is 0 Å². The Hall–Kier alpha value is -0.730. The van der Waals surface area contributed by atoms with Crippen LogP contribution in [-0.4, -0.2) is 13.9 Å². The number of halogens is 6. The quantitative estimate of drug-likeness (QED) is 0.362. The van der Waals surface area contributed by atoms with Crippen LogP contribution in [0.25, 0.3) is 0 Å². The molecule has 0 radical (unpaired) electrons. The second kappa shape index (κ2) is 5.34. The lowest BCUT2D eigenvalue weighted by Gasteiger charge is -2.13. The van der Waals surface area contributed by atoms with E-state index in [1.807, 2.05) is 0 Å². The van der Waals surface area contributed by atoms with Gasteiger partial charge in [-0.25, -0.2) is 4.39 Å². The SMILES string of the molecule is CCc1c(Cl)cc(OS(=O)(=O)C(F)(F)F)c(F)c1Cl. The van der Waals surface area contributed by atoms with Gasteiger partial charge in [0.25, 0.3) is 0 Å². The first kappa shape index (κ1) is 16.3. The Morgan fingerprint density at radius 3 is 2.26 bits per heavy atom. The predicted octanol–water partition coefficient (Wildman–Crippen LogP) is 3.92. The molecule has 0 bridgehead atoms. The molecule has 1 aromatic carbocycles. The summed E-state index contributed by atoms with van der Waals surface area (Å²) in [5.41, 5.74) is -5.54. The van der Waals surface area contributed by atoms with E-state index >= 15 is 0 Å². The number of alkyl halides is 3. The largest absolute Gasteiger partial charge is 0.534 e. The Morgan fingerprint density at radius 1 is 1.32 bits per heavy atom. The molecule has 0 atom stereocenters. The Labute approximate surface area is 116 Å². The summed E-state index contributed by atoms with van der Waals surface area (Å²) >= 11 is 11.2. The minimum atomic E-state index is -5.98. The van der Waals surface area contributed by atoms with Crippen molar-refractivity contribution < 1.29 is 30.2 Å². The number of hydrogen-bond acceptors (Lipinski definition) is 3. The highest BCUT2D eigenvalue weighted by Gasteiger charge is 2.49. The lowest BCUT2D eigenvalue weighted by molar-refractivity contribution is -0.0500. The lowest BCUT2D eigenvalue weighted by atomic mass is 10.1. The van der Waals surface area contributed by atoms with E-state index in [4.69, 9.17) is 23.2 Å². The second-order valence-corrected chi connectivity index (χ2v) is 5.62. The molecule has 19 heavy (non-hydrogen) atoms. The Balaban J connectivity index is 3.33. The molecule has 0 unspecified atom stereocenters. The van der Waals surface area contributed by atoms with Gasteiger partial charge in [0.05, 0.1) is 5.02 Å². The van der Waals surface area contributed by atoms with E-state index in [9.17, 15) is 26.0 Å². The summed E-state index contributed by atoms with van der Waals surface area (Å²) in [6.07, 6.45) is 0.209. The second-order valence-electron chi connectivity index (χ2n) is 3.30. The van der Waals surface area contributed by atoms with Crippen molar-refractivity contribution in [3.63, 3.8) is 0 Å². The van der Waals surface area contributed by atoms with Crippen LogP contribution in [0.4, 0.5) is 17.6 Å². The summed E-state index contributed by atoms with van der Waals surface area (Å²) in [6.45, 7) is 1.58. The monoisotopic (exact) mass is 340 g/mol. The molecule has 0 amide bonds. The minimum Gasteiger partial charge on any atom is -0.373 e. The van der Waals surface area contributed by atoms with Gasteiger partial charge in [-0.3, -0.25) is 0 Å². The van der Waals surface area contributed by atoms with Crippen molar-refractivity contribution in [3.8, 4) is 5.75 Å². The first-order valence-corrected chi connectivity index (χ1v) is 6.84. The number of benzene rings is 1. The van der Waals surface area contributed by atoms with Crippen molar-refractivity contribution in [3.05, 3.63) is 27.5 Å². The number of hydrogen-bond donors (Lipinski definition) is 0. The van der Waals surface area contributed by atoms with Crippen molar-refractivity contribution in [2.24, 2.45) is 0 Å². The Kier molecular flexibility index (Phi) is 4.58. The van der Waals surface area contributed by atoms with E-state index in [1.54, 1.807) is 6.92 Å². The molecule has 0 heterocycles. The normalized spacial score (nSPS) is 12.6. The Bertz CT molecular complexity index is 598. The fourth-order valence-corrected chi connectivity index (χ4v) is 2.32. The molecule has 10 heteroatoms.